The predicted molar refractivity (Wildman–Crippen MR) is 126 cm³/mol. The molecule has 1 aromatic heterocycles. The van der Waals surface area contributed by atoms with Crippen LogP contribution in [0.3, 0.4) is 0 Å². The van der Waals surface area contributed by atoms with Crippen molar-refractivity contribution < 1.29 is 18.6 Å². The molecule has 0 N–H and O–H groups in total. The minimum absolute atomic E-state index is 0.162. The molecule has 3 aromatic carbocycles. The van der Waals surface area contributed by atoms with E-state index >= 15 is 0 Å². The van der Waals surface area contributed by atoms with Crippen molar-refractivity contribution in [3.8, 4) is 5.75 Å². The number of hydrogen-bond donors (Lipinski definition) is 0. The fraction of sp³-hybridized carbons (Fsp3) is 0.250. The summed E-state index contributed by atoms with van der Waals surface area (Å²) in [4.78, 5) is 12.8. The molecule has 2 heterocycles. The van der Waals surface area contributed by atoms with Crippen LogP contribution in [0.15, 0.2) is 94.3 Å². The van der Waals surface area contributed by atoms with Gasteiger partial charge in [-0.25, -0.2) is 0 Å². The van der Waals surface area contributed by atoms with Gasteiger partial charge >= 0.3 is 0 Å². The quantitative estimate of drug-likeness (QED) is 0.351. The number of fused-ring (bicyclic) bond motifs is 1. The van der Waals surface area contributed by atoms with E-state index in [4.69, 9.17) is 18.6 Å². The zero-order valence-corrected chi connectivity index (χ0v) is 18.3. The molecule has 1 fully saturated rings. The van der Waals surface area contributed by atoms with Gasteiger partial charge in [0, 0.05) is 12.7 Å². The van der Waals surface area contributed by atoms with Crippen molar-refractivity contribution in [2.24, 2.45) is 0 Å². The second kappa shape index (κ2) is 10.0. The molecule has 2 atom stereocenters. The van der Waals surface area contributed by atoms with Gasteiger partial charge in [-0.3, -0.25) is 4.79 Å². The number of rotatable bonds is 7. The summed E-state index contributed by atoms with van der Waals surface area (Å²) in [5.41, 5.74) is 1.60. The molecule has 0 bridgehead atoms. The molecular formula is C28H26O5. The van der Waals surface area contributed by atoms with Gasteiger partial charge in [-0.2, -0.15) is 0 Å². The zero-order chi connectivity index (χ0) is 22.5. The lowest BCUT2D eigenvalue weighted by Gasteiger charge is -2.28. The highest BCUT2D eigenvalue weighted by Crippen LogP contribution is 2.35. The van der Waals surface area contributed by atoms with Crippen LogP contribution < -0.4 is 10.2 Å². The van der Waals surface area contributed by atoms with Crippen molar-refractivity contribution in [1.82, 2.24) is 0 Å². The summed E-state index contributed by atoms with van der Waals surface area (Å²) in [5, 5.41) is 2.21. The molecule has 0 saturated carbocycles. The van der Waals surface area contributed by atoms with Crippen molar-refractivity contribution in [3.05, 3.63) is 112 Å². The highest BCUT2D eigenvalue weighted by atomic mass is 16.7. The summed E-state index contributed by atoms with van der Waals surface area (Å²) in [6.45, 7) is 0.915. The van der Waals surface area contributed by atoms with E-state index < -0.39 is 6.10 Å². The Morgan fingerprint density at radius 1 is 0.909 bits per heavy atom. The molecule has 1 aliphatic heterocycles. The van der Waals surface area contributed by atoms with Crippen molar-refractivity contribution in [3.63, 3.8) is 0 Å². The lowest BCUT2D eigenvalue weighted by molar-refractivity contribution is -0.184. The summed E-state index contributed by atoms with van der Waals surface area (Å²) in [5.74, 6) is 0.512. The maximum atomic E-state index is 12.8. The minimum Gasteiger partial charge on any atom is -0.482 e. The first-order chi connectivity index (χ1) is 16.3. The third-order valence-corrected chi connectivity index (χ3v) is 5.83. The van der Waals surface area contributed by atoms with Gasteiger partial charge in [0.05, 0.1) is 6.26 Å². The molecular weight excluding hydrogens is 416 g/mol. The first-order valence-electron chi connectivity index (χ1n) is 11.3. The van der Waals surface area contributed by atoms with Crippen LogP contribution in [-0.2, 0) is 16.1 Å². The monoisotopic (exact) mass is 442 g/mol. The number of benzene rings is 3. The lowest BCUT2D eigenvalue weighted by Crippen LogP contribution is -2.26. The molecule has 5 rings (SSSR count). The maximum Gasteiger partial charge on any atom is 0.227 e. The smallest absolute Gasteiger partial charge is 0.227 e. The zero-order valence-electron chi connectivity index (χ0n) is 18.3. The van der Waals surface area contributed by atoms with E-state index in [2.05, 4.69) is 18.2 Å². The molecule has 0 radical (unpaired) electrons. The Morgan fingerprint density at radius 3 is 2.55 bits per heavy atom. The first-order valence-corrected chi connectivity index (χ1v) is 11.3. The summed E-state index contributed by atoms with van der Waals surface area (Å²) in [6, 6.07) is 25.4. The van der Waals surface area contributed by atoms with Gasteiger partial charge in [0.15, 0.2) is 12.1 Å². The van der Waals surface area contributed by atoms with Crippen LogP contribution >= 0.6 is 0 Å². The summed E-state index contributed by atoms with van der Waals surface area (Å²) in [6.07, 6.45) is 3.23. The van der Waals surface area contributed by atoms with Crippen LogP contribution in [0.4, 0.5) is 0 Å². The van der Waals surface area contributed by atoms with E-state index in [9.17, 15) is 4.79 Å². The van der Waals surface area contributed by atoms with E-state index in [-0.39, 0.29) is 24.1 Å². The SMILES string of the molecule is O=c1ccoc(C(OC2CCCCO2)c2ccc3ccccc3c2)c1OCc1ccccc1. The molecule has 0 spiro atoms. The molecule has 1 aliphatic rings. The van der Waals surface area contributed by atoms with Gasteiger partial charge in [0.1, 0.15) is 12.7 Å². The van der Waals surface area contributed by atoms with Crippen molar-refractivity contribution in [2.75, 3.05) is 6.61 Å². The van der Waals surface area contributed by atoms with Crippen molar-refractivity contribution in [1.29, 1.82) is 0 Å². The van der Waals surface area contributed by atoms with E-state index in [0.717, 1.165) is 41.2 Å². The minimum atomic E-state index is -0.641. The van der Waals surface area contributed by atoms with Crippen LogP contribution in [0.5, 0.6) is 5.75 Å². The third-order valence-electron chi connectivity index (χ3n) is 5.83. The molecule has 168 valence electrons. The second-order valence-electron chi connectivity index (χ2n) is 8.17. The average molecular weight is 443 g/mol. The maximum absolute atomic E-state index is 12.8. The Hall–Kier alpha value is -3.41. The Kier molecular flexibility index (Phi) is 6.51. The number of ether oxygens (including phenoxy) is 3. The fourth-order valence-electron chi connectivity index (χ4n) is 4.11. The largest absolute Gasteiger partial charge is 0.482 e. The van der Waals surface area contributed by atoms with E-state index in [1.54, 1.807) is 0 Å². The molecule has 4 aromatic rings. The van der Waals surface area contributed by atoms with Crippen LogP contribution in [0.25, 0.3) is 10.8 Å². The lowest BCUT2D eigenvalue weighted by atomic mass is 10.0. The van der Waals surface area contributed by atoms with E-state index in [0.29, 0.717) is 12.4 Å². The highest BCUT2D eigenvalue weighted by Gasteiger charge is 2.29. The van der Waals surface area contributed by atoms with Gasteiger partial charge in [-0.05, 0) is 47.2 Å². The average Bonchev–Trinajstić information content (AvgIpc) is 2.87. The Balaban J connectivity index is 1.54. The normalized spacial score (nSPS) is 17.0. The van der Waals surface area contributed by atoms with Crippen molar-refractivity contribution >= 4 is 10.8 Å². The summed E-state index contributed by atoms with van der Waals surface area (Å²) in [7, 11) is 0. The van der Waals surface area contributed by atoms with E-state index in [1.807, 2.05) is 54.6 Å². The summed E-state index contributed by atoms with van der Waals surface area (Å²) >= 11 is 0. The van der Waals surface area contributed by atoms with Crippen LogP contribution in [0.2, 0.25) is 0 Å². The Bertz CT molecular complexity index is 1260. The standard InChI is InChI=1S/C28H26O5/c29-24-15-17-31-28(27(24)32-19-20-8-2-1-3-9-20)26(33-25-12-6-7-16-30-25)23-14-13-21-10-4-5-11-22(21)18-23/h1-5,8-11,13-15,17-18,25-26H,6-7,12,16,19H2. The molecule has 5 heteroatoms. The molecule has 0 aliphatic carbocycles. The number of hydrogen-bond acceptors (Lipinski definition) is 5. The third kappa shape index (κ3) is 5.00. The Morgan fingerprint density at radius 2 is 1.73 bits per heavy atom. The molecule has 2 unspecified atom stereocenters. The van der Waals surface area contributed by atoms with Gasteiger partial charge < -0.3 is 18.6 Å². The van der Waals surface area contributed by atoms with Crippen molar-refractivity contribution in [2.45, 2.75) is 38.3 Å². The van der Waals surface area contributed by atoms with E-state index in [1.165, 1.54) is 12.3 Å². The van der Waals surface area contributed by atoms with Crippen LogP contribution in [-0.4, -0.2) is 12.9 Å². The van der Waals surface area contributed by atoms with Gasteiger partial charge in [0.2, 0.25) is 11.2 Å². The predicted octanol–water partition coefficient (Wildman–Crippen LogP) is 6.00. The Labute approximate surface area is 192 Å². The molecule has 1 saturated heterocycles. The topological polar surface area (TPSA) is 57.9 Å². The fourth-order valence-corrected chi connectivity index (χ4v) is 4.11. The highest BCUT2D eigenvalue weighted by molar-refractivity contribution is 5.83. The van der Waals surface area contributed by atoms with Gasteiger partial charge in [0.25, 0.3) is 0 Å². The molecule has 0 amide bonds. The van der Waals surface area contributed by atoms with Crippen LogP contribution in [0, 0.1) is 0 Å². The summed E-state index contributed by atoms with van der Waals surface area (Å²) < 4.78 is 24.2. The second-order valence-corrected chi connectivity index (χ2v) is 8.17. The first kappa shape index (κ1) is 21.4. The van der Waals surface area contributed by atoms with Gasteiger partial charge in [-0.1, -0.05) is 66.7 Å². The van der Waals surface area contributed by atoms with Gasteiger partial charge in [-0.15, -0.1) is 0 Å². The molecule has 33 heavy (non-hydrogen) atoms. The van der Waals surface area contributed by atoms with Crippen LogP contribution in [0.1, 0.15) is 42.3 Å². The molecule has 5 nitrogen and oxygen atoms in total.